The molecule has 0 spiro atoms. The summed E-state index contributed by atoms with van der Waals surface area (Å²) in [5.74, 6) is 0. The highest BCUT2D eigenvalue weighted by molar-refractivity contribution is 7.92. The molecular weight excluding hydrogens is 326 g/mol. The number of rotatable bonds is 4. The van der Waals surface area contributed by atoms with Crippen molar-refractivity contribution >= 4 is 26.7 Å². The largest absolute Gasteiger partial charge is 0.279 e. The molecule has 1 N–H and O–H groups in total. The number of anilines is 1. The Labute approximate surface area is 140 Å². The Morgan fingerprint density at radius 2 is 1.71 bits per heavy atom. The van der Waals surface area contributed by atoms with Gasteiger partial charge in [-0.1, -0.05) is 0 Å². The Balaban J connectivity index is 1.99. The van der Waals surface area contributed by atoms with Gasteiger partial charge in [0, 0.05) is 12.7 Å². The Morgan fingerprint density at radius 3 is 2.33 bits per heavy atom. The predicted octanol–water partition coefficient (Wildman–Crippen LogP) is 2.57. The van der Waals surface area contributed by atoms with E-state index in [1.807, 2.05) is 20.8 Å². The minimum Gasteiger partial charge on any atom is -0.279 e. The zero-order chi connectivity index (χ0) is 17.5. The van der Waals surface area contributed by atoms with Crippen LogP contribution in [0.4, 0.5) is 5.69 Å². The van der Waals surface area contributed by atoms with E-state index in [4.69, 9.17) is 0 Å². The van der Waals surface area contributed by atoms with Gasteiger partial charge in [-0.15, -0.1) is 0 Å². The Bertz CT molecular complexity index is 1020. The van der Waals surface area contributed by atoms with Crippen molar-refractivity contribution < 1.29 is 8.42 Å². The molecule has 8 heteroatoms. The number of aromatic nitrogens is 4. The van der Waals surface area contributed by atoms with Gasteiger partial charge in [-0.2, -0.15) is 5.10 Å². The molecule has 0 atom stereocenters. The molecule has 2 heterocycles. The lowest BCUT2D eigenvalue weighted by Gasteiger charge is -2.08. The first kappa shape index (κ1) is 16.4. The Kier molecular flexibility index (Phi) is 4.00. The minimum atomic E-state index is -3.70. The molecule has 0 saturated carbocycles. The van der Waals surface area contributed by atoms with E-state index in [2.05, 4.69) is 19.8 Å². The third-order valence-electron chi connectivity index (χ3n) is 3.84. The average Bonchev–Trinajstić information content (AvgIpc) is 2.90. The molecule has 0 aliphatic carbocycles. The van der Waals surface area contributed by atoms with Crippen molar-refractivity contribution in [3.63, 3.8) is 0 Å². The van der Waals surface area contributed by atoms with Crippen LogP contribution in [0.25, 0.3) is 11.0 Å². The summed E-state index contributed by atoms with van der Waals surface area (Å²) in [6, 6.07) is 5.13. The van der Waals surface area contributed by atoms with Gasteiger partial charge in [-0.05, 0) is 45.9 Å². The normalized spacial score (nSPS) is 11.8. The smallest absolute Gasteiger partial charge is 0.265 e. The van der Waals surface area contributed by atoms with E-state index in [9.17, 15) is 8.42 Å². The SMILES string of the molecule is CCn1cc(S(=O)(=O)Nc2ccc3nc(C)c(C)nc3c2)c(C)n1. The molecule has 0 radical (unpaired) electrons. The first-order chi connectivity index (χ1) is 11.3. The van der Waals surface area contributed by atoms with Crippen LogP contribution in [-0.4, -0.2) is 28.2 Å². The van der Waals surface area contributed by atoms with Crippen LogP contribution in [-0.2, 0) is 16.6 Å². The summed E-state index contributed by atoms with van der Waals surface area (Å²) < 4.78 is 29.4. The van der Waals surface area contributed by atoms with Crippen LogP contribution < -0.4 is 4.72 Å². The van der Waals surface area contributed by atoms with Crippen LogP contribution in [0, 0.1) is 20.8 Å². The molecule has 3 aromatic rings. The van der Waals surface area contributed by atoms with Gasteiger partial charge in [-0.25, -0.2) is 18.4 Å². The number of aryl methyl sites for hydroxylation is 4. The molecule has 0 aliphatic rings. The van der Waals surface area contributed by atoms with Gasteiger partial charge in [0.05, 0.1) is 33.8 Å². The van der Waals surface area contributed by atoms with Gasteiger partial charge in [0.1, 0.15) is 4.90 Å². The van der Waals surface area contributed by atoms with Crippen LogP contribution in [0.1, 0.15) is 24.0 Å². The summed E-state index contributed by atoms with van der Waals surface area (Å²) in [7, 11) is -3.70. The highest BCUT2D eigenvalue weighted by atomic mass is 32.2. The number of nitrogens with one attached hydrogen (secondary N) is 1. The molecule has 7 nitrogen and oxygen atoms in total. The number of hydrogen-bond donors (Lipinski definition) is 1. The van der Waals surface area contributed by atoms with Crippen LogP contribution in [0.3, 0.4) is 0 Å². The lowest BCUT2D eigenvalue weighted by atomic mass is 10.2. The fourth-order valence-corrected chi connectivity index (χ4v) is 3.67. The van der Waals surface area contributed by atoms with Crippen molar-refractivity contribution in [3.05, 3.63) is 41.5 Å². The Morgan fingerprint density at radius 1 is 1.04 bits per heavy atom. The lowest BCUT2D eigenvalue weighted by molar-refractivity contribution is 0.600. The molecule has 0 amide bonds. The van der Waals surface area contributed by atoms with Gasteiger partial charge >= 0.3 is 0 Å². The van der Waals surface area contributed by atoms with E-state index in [-0.39, 0.29) is 4.90 Å². The van der Waals surface area contributed by atoms with E-state index in [1.54, 1.807) is 29.8 Å². The Hall–Kier alpha value is -2.48. The topological polar surface area (TPSA) is 89.8 Å². The van der Waals surface area contributed by atoms with Crippen molar-refractivity contribution in [1.82, 2.24) is 19.7 Å². The second-order valence-electron chi connectivity index (χ2n) is 5.64. The molecule has 0 fully saturated rings. The zero-order valence-electron chi connectivity index (χ0n) is 14.0. The molecular formula is C16H19N5O2S. The maximum absolute atomic E-state index is 12.6. The second kappa shape index (κ2) is 5.86. The highest BCUT2D eigenvalue weighted by Gasteiger charge is 2.20. The first-order valence-electron chi connectivity index (χ1n) is 7.62. The van der Waals surface area contributed by atoms with Crippen molar-refractivity contribution in [2.24, 2.45) is 0 Å². The molecule has 1 aromatic carbocycles. The molecule has 0 saturated heterocycles. The maximum Gasteiger partial charge on any atom is 0.265 e. The van der Waals surface area contributed by atoms with E-state index in [0.717, 1.165) is 16.9 Å². The van der Waals surface area contributed by atoms with Gasteiger partial charge in [-0.3, -0.25) is 9.40 Å². The summed E-state index contributed by atoms with van der Waals surface area (Å²) in [6.07, 6.45) is 1.53. The molecule has 3 rings (SSSR count). The monoisotopic (exact) mass is 345 g/mol. The summed E-state index contributed by atoms with van der Waals surface area (Å²) >= 11 is 0. The van der Waals surface area contributed by atoms with Gasteiger partial charge in [0.25, 0.3) is 10.0 Å². The molecule has 0 unspecified atom stereocenters. The summed E-state index contributed by atoms with van der Waals surface area (Å²) in [5.41, 5.74) is 3.98. The van der Waals surface area contributed by atoms with Gasteiger partial charge in [0.2, 0.25) is 0 Å². The minimum absolute atomic E-state index is 0.176. The fraction of sp³-hybridized carbons (Fsp3) is 0.312. The maximum atomic E-state index is 12.6. The third kappa shape index (κ3) is 2.96. The molecule has 0 aliphatic heterocycles. The van der Waals surface area contributed by atoms with E-state index in [1.165, 1.54) is 6.20 Å². The van der Waals surface area contributed by atoms with E-state index >= 15 is 0 Å². The van der Waals surface area contributed by atoms with Crippen molar-refractivity contribution in [2.45, 2.75) is 39.1 Å². The lowest BCUT2D eigenvalue weighted by Crippen LogP contribution is -2.13. The predicted molar refractivity (Wildman–Crippen MR) is 92.5 cm³/mol. The standard InChI is InChI=1S/C16H19N5O2S/c1-5-21-9-16(12(4)19-21)24(22,23)20-13-6-7-14-15(8-13)18-11(3)10(2)17-14/h6-9,20H,5H2,1-4H3. The zero-order valence-corrected chi connectivity index (χ0v) is 14.8. The number of sulfonamides is 1. The quantitative estimate of drug-likeness (QED) is 0.785. The molecule has 24 heavy (non-hydrogen) atoms. The summed E-state index contributed by atoms with van der Waals surface area (Å²) in [5, 5.41) is 4.18. The van der Waals surface area contributed by atoms with E-state index in [0.29, 0.717) is 23.4 Å². The number of nitrogens with zero attached hydrogens (tertiary/aromatic N) is 4. The van der Waals surface area contributed by atoms with Gasteiger partial charge < -0.3 is 0 Å². The van der Waals surface area contributed by atoms with Crippen LogP contribution in [0.5, 0.6) is 0 Å². The highest BCUT2D eigenvalue weighted by Crippen LogP contribution is 2.22. The van der Waals surface area contributed by atoms with Gasteiger partial charge in [0.15, 0.2) is 0 Å². The summed E-state index contributed by atoms with van der Waals surface area (Å²) in [6.45, 7) is 7.97. The van der Waals surface area contributed by atoms with Crippen molar-refractivity contribution in [2.75, 3.05) is 4.72 Å². The molecule has 126 valence electrons. The third-order valence-corrected chi connectivity index (χ3v) is 5.33. The molecule has 0 bridgehead atoms. The van der Waals surface area contributed by atoms with Crippen LogP contribution in [0.2, 0.25) is 0 Å². The number of fused-ring (bicyclic) bond motifs is 1. The first-order valence-corrected chi connectivity index (χ1v) is 9.10. The second-order valence-corrected chi connectivity index (χ2v) is 7.29. The van der Waals surface area contributed by atoms with Crippen molar-refractivity contribution in [3.8, 4) is 0 Å². The van der Waals surface area contributed by atoms with Crippen molar-refractivity contribution in [1.29, 1.82) is 0 Å². The van der Waals surface area contributed by atoms with Crippen LogP contribution >= 0.6 is 0 Å². The molecule has 2 aromatic heterocycles. The number of benzene rings is 1. The van der Waals surface area contributed by atoms with Crippen LogP contribution in [0.15, 0.2) is 29.3 Å². The summed E-state index contributed by atoms with van der Waals surface area (Å²) in [4.78, 5) is 9.08. The fourth-order valence-electron chi connectivity index (χ4n) is 2.43. The number of hydrogen-bond acceptors (Lipinski definition) is 5. The average molecular weight is 345 g/mol. The van der Waals surface area contributed by atoms with E-state index < -0.39 is 10.0 Å².